The molecule has 0 radical (unpaired) electrons. The minimum absolute atomic E-state index is 0.0849. The van der Waals surface area contributed by atoms with Gasteiger partial charge in [0, 0.05) is 53.4 Å². The molecule has 67 heavy (non-hydrogen) atoms. The fraction of sp³-hybridized carbons (Fsp3) is 0.452. The lowest BCUT2D eigenvalue weighted by atomic mass is 9.94. The number of fused-ring (bicyclic) bond motifs is 2. The van der Waals surface area contributed by atoms with Crippen molar-refractivity contribution in [2.24, 2.45) is 5.11 Å². The van der Waals surface area contributed by atoms with Crippen LogP contribution in [0, 0.1) is 0 Å². The lowest BCUT2D eigenvalue weighted by Crippen LogP contribution is -2.67. The van der Waals surface area contributed by atoms with Crippen LogP contribution in [-0.4, -0.2) is 150 Å². The van der Waals surface area contributed by atoms with Crippen molar-refractivity contribution in [3.05, 3.63) is 81.2 Å². The summed E-state index contributed by atoms with van der Waals surface area (Å²) in [5.74, 6) is -8.41. The maximum absolute atomic E-state index is 13.2. The number of carbonyl (C=O) groups excluding carboxylic acids is 11. The van der Waals surface area contributed by atoms with Crippen LogP contribution >= 0.6 is 0 Å². The Bertz CT molecular complexity index is 2350. The van der Waals surface area contributed by atoms with Gasteiger partial charge in [-0.1, -0.05) is 29.4 Å². The molecule has 0 aromatic heterocycles. The maximum atomic E-state index is 13.2. The van der Waals surface area contributed by atoms with Crippen LogP contribution in [0.4, 0.5) is 0 Å². The fourth-order valence-electron chi connectivity index (χ4n) is 7.70. The summed E-state index contributed by atoms with van der Waals surface area (Å²) in [7, 11) is 0. The minimum atomic E-state index is -1.63. The van der Waals surface area contributed by atoms with Gasteiger partial charge in [-0.25, -0.2) is 0 Å². The summed E-state index contributed by atoms with van der Waals surface area (Å²) in [6.45, 7) is 6.76. The van der Waals surface area contributed by atoms with Crippen molar-refractivity contribution < 1.29 is 95.4 Å². The Hall–Kier alpha value is -7.76. The summed E-state index contributed by atoms with van der Waals surface area (Å²) < 4.78 is 48.0. The first-order valence-corrected chi connectivity index (χ1v) is 20.1. The number of hydrogen-bond acceptors (Lipinski definition) is 21. The second kappa shape index (κ2) is 21.5. The van der Waals surface area contributed by atoms with E-state index in [-0.39, 0.29) is 22.3 Å². The number of azide groups is 1. The molecule has 4 aliphatic heterocycles. The van der Waals surface area contributed by atoms with E-state index in [0.717, 1.165) is 58.3 Å². The van der Waals surface area contributed by atoms with Gasteiger partial charge in [-0.05, 0) is 29.8 Å². The first-order valence-electron chi connectivity index (χ1n) is 20.1. The average molecular weight is 938 g/mol. The standard InChI is InChI=1S/C22H23NO11.C20H20N4O9/c1-10(24)30-9-16-18(31-11(2)25)19(32-12(3)26)17(22(34-16)33-13(4)27)23-20(28)14-7-5-6-8-15(14)21(23)29;1-9(25)30-8-14-16(31-10(2)26)17(32-11(3)27)15(18(33-14)22-23-21)24-19(28)12-6-4-5-7-13(12)20(24)29/h5-8,16-19,22H,9H2,1-4H3;4-7,14-18H,8H2,1-3H3/t16?,17?,18-,19-,22-;14?,15?,16-,17-,18-/m11/s1. The second-order valence-corrected chi connectivity index (χ2v) is 14.9. The molecule has 0 N–H and O–H groups in total. The highest BCUT2D eigenvalue weighted by Crippen LogP contribution is 2.37. The largest absolute Gasteiger partial charge is 0.463 e. The van der Waals surface area contributed by atoms with Crippen LogP contribution in [-0.2, 0) is 76.2 Å². The van der Waals surface area contributed by atoms with Crippen LogP contribution in [0.2, 0.25) is 0 Å². The Morgan fingerprint density at radius 3 is 1.18 bits per heavy atom. The number of imide groups is 2. The number of amides is 4. The smallest absolute Gasteiger partial charge is 0.305 e. The normalized spacial score (nSPS) is 26.0. The summed E-state index contributed by atoms with van der Waals surface area (Å²) >= 11 is 0. The van der Waals surface area contributed by atoms with E-state index in [1.54, 1.807) is 24.3 Å². The van der Waals surface area contributed by atoms with E-state index in [2.05, 4.69) is 10.0 Å². The predicted octanol–water partition coefficient (Wildman–Crippen LogP) is 1.48. The molecule has 4 amide bonds. The second-order valence-electron chi connectivity index (χ2n) is 14.9. The number of esters is 7. The van der Waals surface area contributed by atoms with Crippen LogP contribution in [0.1, 0.15) is 89.9 Å². The predicted molar refractivity (Wildman–Crippen MR) is 215 cm³/mol. The number of ether oxygens (including phenoxy) is 9. The number of hydrogen-bond donors (Lipinski definition) is 0. The molecular weight excluding hydrogens is 894 g/mol. The Labute approximate surface area is 379 Å². The number of carbonyl (C=O) groups is 11. The molecule has 6 rings (SSSR count). The zero-order chi connectivity index (χ0) is 49.4. The molecule has 25 nitrogen and oxygen atoms in total. The van der Waals surface area contributed by atoms with E-state index in [9.17, 15) is 52.7 Å². The van der Waals surface area contributed by atoms with Crippen molar-refractivity contribution in [2.75, 3.05) is 13.2 Å². The third-order valence-electron chi connectivity index (χ3n) is 10.1. The van der Waals surface area contributed by atoms with Crippen LogP contribution < -0.4 is 0 Å². The Balaban J connectivity index is 0.000000251. The third kappa shape index (κ3) is 11.4. The van der Waals surface area contributed by atoms with Crippen molar-refractivity contribution in [1.82, 2.24) is 9.80 Å². The number of benzene rings is 2. The molecule has 4 heterocycles. The lowest BCUT2D eigenvalue weighted by Gasteiger charge is -2.46. The molecule has 2 aromatic rings. The van der Waals surface area contributed by atoms with Gasteiger partial charge in [0.1, 0.15) is 37.5 Å². The molecule has 0 saturated carbocycles. The van der Waals surface area contributed by atoms with Crippen molar-refractivity contribution in [2.45, 2.75) is 110 Å². The Morgan fingerprint density at radius 1 is 0.507 bits per heavy atom. The summed E-state index contributed by atoms with van der Waals surface area (Å²) in [4.78, 5) is 139. The number of nitrogens with zero attached hydrogens (tertiary/aromatic N) is 5. The van der Waals surface area contributed by atoms with Crippen LogP contribution in [0.25, 0.3) is 10.4 Å². The highest BCUT2D eigenvalue weighted by atomic mass is 16.7. The zero-order valence-corrected chi connectivity index (χ0v) is 36.7. The van der Waals surface area contributed by atoms with Gasteiger partial charge < -0.3 is 42.6 Å². The van der Waals surface area contributed by atoms with Crippen molar-refractivity contribution in [3.63, 3.8) is 0 Å². The summed E-state index contributed by atoms with van der Waals surface area (Å²) in [6, 6.07) is 9.02. The van der Waals surface area contributed by atoms with Crippen LogP contribution in [0.15, 0.2) is 53.6 Å². The van der Waals surface area contributed by atoms with Gasteiger partial charge in [0.25, 0.3) is 23.6 Å². The molecule has 2 saturated heterocycles. The molecular formula is C42H43N5O20. The Kier molecular flexibility index (Phi) is 16.1. The first-order chi connectivity index (χ1) is 31.7. The molecule has 25 heteroatoms. The molecule has 10 atom stereocenters. The van der Waals surface area contributed by atoms with Gasteiger partial charge in [0.2, 0.25) is 6.29 Å². The van der Waals surface area contributed by atoms with Gasteiger partial charge in [-0.15, -0.1) is 0 Å². The monoisotopic (exact) mass is 937 g/mol. The molecule has 0 aliphatic carbocycles. The topological polar surface area (TPSA) is 326 Å². The van der Waals surface area contributed by atoms with Crippen molar-refractivity contribution in [1.29, 1.82) is 0 Å². The highest BCUT2D eigenvalue weighted by molar-refractivity contribution is 6.22. The zero-order valence-electron chi connectivity index (χ0n) is 36.7. The molecule has 2 fully saturated rings. The summed E-state index contributed by atoms with van der Waals surface area (Å²) in [5.41, 5.74) is 9.43. The summed E-state index contributed by atoms with van der Waals surface area (Å²) in [6.07, 6.45) is -11.5. The highest BCUT2D eigenvalue weighted by Gasteiger charge is 2.59. The van der Waals surface area contributed by atoms with E-state index in [4.69, 9.17) is 48.2 Å². The van der Waals surface area contributed by atoms with Gasteiger partial charge in [0.15, 0.2) is 30.6 Å². The maximum Gasteiger partial charge on any atom is 0.305 e. The number of rotatable bonds is 12. The molecule has 0 spiro atoms. The molecule has 2 aromatic carbocycles. The average Bonchev–Trinajstić information content (AvgIpc) is 3.64. The van der Waals surface area contributed by atoms with Crippen LogP contribution in [0.5, 0.6) is 0 Å². The first kappa shape index (κ1) is 50.2. The summed E-state index contributed by atoms with van der Waals surface area (Å²) in [5, 5.41) is 3.53. The quantitative estimate of drug-likeness (QED) is 0.0726. The molecule has 4 unspecified atom stereocenters. The van der Waals surface area contributed by atoms with Gasteiger partial charge in [-0.2, -0.15) is 0 Å². The molecule has 4 aliphatic rings. The van der Waals surface area contributed by atoms with E-state index < -0.39 is 140 Å². The Morgan fingerprint density at radius 2 is 0.836 bits per heavy atom. The van der Waals surface area contributed by atoms with E-state index in [1.807, 2.05) is 0 Å². The SMILES string of the molecule is CC(=O)OCC1O[C@@H](N=[N+]=[N-])C(N2C(=O)c3ccccc3C2=O)[C@@H](OC(C)=O)[C@@H]1OC(C)=O.CC(=O)OCC1O[C@@H](OC(C)=O)C(N2C(=O)c3ccccc3C2=O)[C@@H](OC(C)=O)[C@@H]1OC(C)=O. The van der Waals surface area contributed by atoms with Crippen molar-refractivity contribution in [3.8, 4) is 0 Å². The van der Waals surface area contributed by atoms with Crippen molar-refractivity contribution >= 4 is 65.4 Å². The molecule has 356 valence electrons. The fourth-order valence-corrected chi connectivity index (χ4v) is 7.70. The van der Waals surface area contributed by atoms with Gasteiger partial charge in [0.05, 0.1) is 22.3 Å². The van der Waals surface area contributed by atoms with E-state index >= 15 is 0 Å². The molecule has 0 bridgehead atoms. The lowest BCUT2D eigenvalue weighted by molar-refractivity contribution is -0.278. The van der Waals surface area contributed by atoms with Gasteiger partial charge in [-0.3, -0.25) is 62.5 Å². The van der Waals surface area contributed by atoms with E-state index in [1.165, 1.54) is 24.3 Å². The van der Waals surface area contributed by atoms with Gasteiger partial charge >= 0.3 is 41.8 Å². The van der Waals surface area contributed by atoms with E-state index in [0.29, 0.717) is 0 Å². The minimum Gasteiger partial charge on any atom is -0.463 e. The van der Waals surface area contributed by atoms with Crippen LogP contribution in [0.3, 0.4) is 0 Å². The third-order valence-corrected chi connectivity index (χ3v) is 10.1.